The molecule has 2 atom stereocenters. The molecule has 204 valence electrons. The molecule has 6 nitrogen and oxygen atoms in total. The molecule has 2 aliphatic rings. The molecule has 1 aliphatic heterocycles. The van der Waals surface area contributed by atoms with Crippen molar-refractivity contribution in [1.29, 1.82) is 0 Å². The highest BCUT2D eigenvalue weighted by molar-refractivity contribution is 6.32. The Labute approximate surface area is 238 Å². The van der Waals surface area contributed by atoms with E-state index in [9.17, 15) is 14.7 Å². The molecule has 39 heavy (non-hydrogen) atoms. The highest BCUT2D eigenvalue weighted by Crippen LogP contribution is 2.44. The van der Waals surface area contributed by atoms with Gasteiger partial charge in [0.05, 0.1) is 17.0 Å². The molecular formula is C31H31Cl2NO5. The molecule has 1 aliphatic carbocycles. The lowest BCUT2D eigenvalue weighted by atomic mass is 9.81. The minimum atomic E-state index is -0.897. The standard InChI is InChI=1S/C31H31Cl2NO5/c1-2-23-15-26(31(36)37)25-16-27(33)29(17-28(25)38-23)39-24-13-7-20(8-14-24)30(35)34-22-11-5-19(6-12-22)18-3-9-21(32)10-4-18/h3-4,7-10,13-14,16-17,19,22-23,26H,2,5-6,11-12,15H2,1H3,(H,34,35)(H,36,37). The van der Waals surface area contributed by atoms with Crippen LogP contribution in [-0.2, 0) is 4.79 Å². The van der Waals surface area contributed by atoms with Crippen LogP contribution in [0.15, 0.2) is 60.7 Å². The molecule has 8 heteroatoms. The number of aliphatic carboxylic acids is 1. The van der Waals surface area contributed by atoms with Gasteiger partial charge in [-0.05, 0) is 86.1 Å². The molecule has 0 aromatic heterocycles. The smallest absolute Gasteiger partial charge is 0.311 e. The Balaban J connectivity index is 1.19. The second-order valence-electron chi connectivity index (χ2n) is 10.3. The maximum Gasteiger partial charge on any atom is 0.311 e. The van der Waals surface area contributed by atoms with Crippen molar-refractivity contribution >= 4 is 35.1 Å². The molecule has 0 spiro atoms. The van der Waals surface area contributed by atoms with Crippen molar-refractivity contribution in [3.63, 3.8) is 0 Å². The number of carboxylic acids is 1. The van der Waals surface area contributed by atoms with Crippen molar-refractivity contribution in [2.45, 2.75) is 69.4 Å². The predicted molar refractivity (Wildman–Crippen MR) is 152 cm³/mol. The summed E-state index contributed by atoms with van der Waals surface area (Å²) in [7, 11) is 0. The summed E-state index contributed by atoms with van der Waals surface area (Å²) in [5, 5.41) is 13.9. The molecule has 2 N–H and O–H groups in total. The molecule has 0 radical (unpaired) electrons. The molecule has 1 amide bonds. The fraction of sp³-hybridized carbons (Fsp3) is 0.355. The number of fused-ring (bicyclic) bond motifs is 1. The van der Waals surface area contributed by atoms with Gasteiger partial charge in [0.25, 0.3) is 5.91 Å². The fourth-order valence-corrected chi connectivity index (χ4v) is 5.82. The number of hydrogen-bond acceptors (Lipinski definition) is 4. The van der Waals surface area contributed by atoms with Gasteiger partial charge in [-0.3, -0.25) is 9.59 Å². The molecule has 3 aromatic carbocycles. The zero-order valence-corrected chi connectivity index (χ0v) is 23.2. The van der Waals surface area contributed by atoms with Crippen LogP contribution in [0, 0.1) is 0 Å². The number of halogens is 2. The molecule has 1 heterocycles. The van der Waals surface area contributed by atoms with Crippen LogP contribution >= 0.6 is 23.2 Å². The topological polar surface area (TPSA) is 84.9 Å². The zero-order valence-electron chi connectivity index (χ0n) is 21.7. The first-order chi connectivity index (χ1) is 18.8. The van der Waals surface area contributed by atoms with Gasteiger partial charge < -0.3 is 19.9 Å². The van der Waals surface area contributed by atoms with E-state index >= 15 is 0 Å². The summed E-state index contributed by atoms with van der Waals surface area (Å²) in [4.78, 5) is 24.7. The fourth-order valence-electron chi connectivity index (χ4n) is 5.48. The number of hydrogen-bond donors (Lipinski definition) is 2. The lowest BCUT2D eigenvalue weighted by molar-refractivity contribution is -0.140. The van der Waals surface area contributed by atoms with Gasteiger partial charge in [-0.1, -0.05) is 42.3 Å². The third-order valence-electron chi connectivity index (χ3n) is 7.73. The number of carboxylic acid groups (broad SMARTS) is 1. The number of nitrogens with one attached hydrogen (secondary N) is 1. The van der Waals surface area contributed by atoms with E-state index in [0.29, 0.717) is 52.2 Å². The van der Waals surface area contributed by atoms with Gasteiger partial charge in [-0.15, -0.1) is 0 Å². The highest BCUT2D eigenvalue weighted by atomic mass is 35.5. The van der Waals surface area contributed by atoms with Crippen molar-refractivity contribution in [3.8, 4) is 17.2 Å². The highest BCUT2D eigenvalue weighted by Gasteiger charge is 2.33. The molecule has 2 unspecified atom stereocenters. The summed E-state index contributed by atoms with van der Waals surface area (Å²) in [6, 6.07) is 18.3. The van der Waals surface area contributed by atoms with Gasteiger partial charge in [0.15, 0.2) is 0 Å². The van der Waals surface area contributed by atoms with Crippen LogP contribution < -0.4 is 14.8 Å². The van der Waals surface area contributed by atoms with Crippen LogP contribution in [0.4, 0.5) is 0 Å². The molecule has 3 aromatic rings. The van der Waals surface area contributed by atoms with Crippen molar-refractivity contribution in [2.24, 2.45) is 0 Å². The van der Waals surface area contributed by atoms with Crippen LogP contribution in [-0.4, -0.2) is 29.1 Å². The summed E-state index contributed by atoms with van der Waals surface area (Å²) >= 11 is 12.5. The Kier molecular flexibility index (Phi) is 8.34. The third kappa shape index (κ3) is 6.34. The maximum absolute atomic E-state index is 12.9. The average molecular weight is 568 g/mol. The molecule has 0 bridgehead atoms. The summed E-state index contributed by atoms with van der Waals surface area (Å²) in [6.07, 6.45) is 4.84. The number of benzene rings is 3. The van der Waals surface area contributed by atoms with Crippen molar-refractivity contribution < 1.29 is 24.2 Å². The van der Waals surface area contributed by atoms with Crippen LogP contribution in [0.1, 0.15) is 78.8 Å². The van der Waals surface area contributed by atoms with Crippen molar-refractivity contribution in [3.05, 3.63) is 87.4 Å². The summed E-state index contributed by atoms with van der Waals surface area (Å²) in [5.74, 6) is 0.168. The first kappa shape index (κ1) is 27.4. The van der Waals surface area contributed by atoms with Gasteiger partial charge >= 0.3 is 5.97 Å². The average Bonchev–Trinajstić information content (AvgIpc) is 2.94. The van der Waals surface area contributed by atoms with Crippen LogP contribution in [0.2, 0.25) is 10.0 Å². The largest absolute Gasteiger partial charge is 0.490 e. The second kappa shape index (κ2) is 11.9. The minimum Gasteiger partial charge on any atom is -0.490 e. The number of carbonyl (C=O) groups is 2. The Morgan fingerprint density at radius 1 is 1.00 bits per heavy atom. The third-order valence-corrected chi connectivity index (χ3v) is 8.28. The lowest BCUT2D eigenvalue weighted by Crippen LogP contribution is -2.37. The Hall–Kier alpha value is -3.22. The normalized spacial score (nSPS) is 22.3. The van der Waals surface area contributed by atoms with Crippen molar-refractivity contribution in [1.82, 2.24) is 5.32 Å². The van der Waals surface area contributed by atoms with E-state index < -0.39 is 11.9 Å². The van der Waals surface area contributed by atoms with Crippen LogP contribution in [0.5, 0.6) is 17.2 Å². The summed E-state index contributed by atoms with van der Waals surface area (Å²) < 4.78 is 12.0. The minimum absolute atomic E-state index is 0.109. The summed E-state index contributed by atoms with van der Waals surface area (Å²) in [6.45, 7) is 1.96. The Morgan fingerprint density at radius 2 is 1.69 bits per heavy atom. The van der Waals surface area contributed by atoms with Gasteiger partial charge in [0, 0.05) is 34.7 Å². The zero-order chi connectivity index (χ0) is 27.5. The van der Waals surface area contributed by atoms with E-state index in [1.54, 1.807) is 36.4 Å². The lowest BCUT2D eigenvalue weighted by Gasteiger charge is -2.30. The molecule has 5 rings (SSSR count). The van der Waals surface area contributed by atoms with Crippen LogP contribution in [0.3, 0.4) is 0 Å². The van der Waals surface area contributed by atoms with Gasteiger partial charge in [0.1, 0.15) is 17.2 Å². The Morgan fingerprint density at radius 3 is 2.33 bits per heavy atom. The SMILES string of the molecule is CCC1CC(C(=O)O)c2cc(Cl)c(Oc3ccc(C(=O)NC4CCC(c5ccc(Cl)cc5)CC4)cc3)cc2O1. The van der Waals surface area contributed by atoms with E-state index in [-0.39, 0.29) is 18.1 Å². The molecular weight excluding hydrogens is 537 g/mol. The van der Waals surface area contributed by atoms with E-state index in [0.717, 1.165) is 30.7 Å². The number of ether oxygens (including phenoxy) is 2. The van der Waals surface area contributed by atoms with Crippen molar-refractivity contribution in [2.75, 3.05) is 0 Å². The molecule has 1 saturated carbocycles. The van der Waals surface area contributed by atoms with Crippen LogP contribution in [0.25, 0.3) is 0 Å². The quantitative estimate of drug-likeness (QED) is 0.302. The number of rotatable bonds is 7. The maximum atomic E-state index is 12.9. The van der Waals surface area contributed by atoms with E-state index in [2.05, 4.69) is 17.4 Å². The van der Waals surface area contributed by atoms with Gasteiger partial charge in [0.2, 0.25) is 0 Å². The molecule has 0 saturated heterocycles. The van der Waals surface area contributed by atoms with Gasteiger partial charge in [-0.25, -0.2) is 0 Å². The summed E-state index contributed by atoms with van der Waals surface area (Å²) in [5.41, 5.74) is 2.41. The molecule has 1 fully saturated rings. The first-order valence-electron chi connectivity index (χ1n) is 13.4. The number of amides is 1. The first-order valence-corrected chi connectivity index (χ1v) is 14.1. The van der Waals surface area contributed by atoms with E-state index in [1.165, 1.54) is 5.56 Å². The second-order valence-corrected chi connectivity index (χ2v) is 11.1. The van der Waals surface area contributed by atoms with E-state index in [1.807, 2.05) is 19.1 Å². The van der Waals surface area contributed by atoms with E-state index in [4.69, 9.17) is 32.7 Å². The Bertz CT molecular complexity index is 1330. The predicted octanol–water partition coefficient (Wildman–Crippen LogP) is 7.97. The monoisotopic (exact) mass is 567 g/mol. The van der Waals surface area contributed by atoms with Gasteiger partial charge in [-0.2, -0.15) is 0 Å². The number of carbonyl (C=O) groups excluding carboxylic acids is 1.